The molecule has 4 aromatic carbocycles. The predicted molar refractivity (Wildman–Crippen MR) is 132 cm³/mol. The van der Waals surface area contributed by atoms with Gasteiger partial charge in [0, 0.05) is 17.3 Å². The minimum atomic E-state index is 0.968. The summed E-state index contributed by atoms with van der Waals surface area (Å²) in [6, 6.07) is 35.3. The van der Waals surface area contributed by atoms with Gasteiger partial charge in [0.25, 0.3) is 0 Å². The van der Waals surface area contributed by atoms with E-state index < -0.39 is 0 Å². The van der Waals surface area contributed by atoms with Crippen LogP contribution in [0.2, 0.25) is 0 Å². The van der Waals surface area contributed by atoms with Crippen LogP contribution in [0.3, 0.4) is 0 Å². The van der Waals surface area contributed by atoms with Gasteiger partial charge in [0.05, 0.1) is 5.69 Å². The molecule has 5 aromatic rings. The zero-order chi connectivity index (χ0) is 21.1. The molecule has 0 bridgehead atoms. The molecular weight excluding hydrogens is 386 g/mol. The van der Waals surface area contributed by atoms with E-state index in [0.717, 1.165) is 18.5 Å². The van der Waals surface area contributed by atoms with E-state index in [0.29, 0.717) is 0 Å². The lowest BCUT2D eigenvalue weighted by atomic mass is 9.90. The summed E-state index contributed by atoms with van der Waals surface area (Å²) >= 11 is 0. The lowest BCUT2D eigenvalue weighted by Crippen LogP contribution is -1.96. The molecule has 0 unspecified atom stereocenters. The molecule has 0 spiro atoms. The number of nitrogens with zero attached hydrogens (tertiary/aromatic N) is 1. The van der Waals surface area contributed by atoms with Gasteiger partial charge < -0.3 is 0 Å². The van der Waals surface area contributed by atoms with Crippen LogP contribution in [0, 0.1) is 0 Å². The molecule has 0 aliphatic heterocycles. The fourth-order valence-electron chi connectivity index (χ4n) is 5.63. The van der Waals surface area contributed by atoms with Crippen molar-refractivity contribution in [2.24, 2.45) is 0 Å². The van der Waals surface area contributed by atoms with Crippen molar-refractivity contribution in [3.63, 3.8) is 0 Å². The van der Waals surface area contributed by atoms with E-state index >= 15 is 0 Å². The Labute approximate surface area is 188 Å². The molecule has 32 heavy (non-hydrogen) atoms. The molecule has 2 aliphatic carbocycles. The van der Waals surface area contributed by atoms with Crippen LogP contribution in [-0.4, -0.2) is 4.98 Å². The Morgan fingerprint density at radius 3 is 1.53 bits per heavy atom. The van der Waals surface area contributed by atoms with Crippen LogP contribution in [0.25, 0.3) is 44.6 Å². The first-order valence-electron chi connectivity index (χ1n) is 11.2. The molecule has 0 fully saturated rings. The molecule has 1 aromatic heterocycles. The highest BCUT2D eigenvalue weighted by molar-refractivity contribution is 5.92. The van der Waals surface area contributed by atoms with Crippen LogP contribution >= 0.6 is 0 Å². The highest BCUT2D eigenvalue weighted by Gasteiger charge is 2.25. The average Bonchev–Trinajstić information content (AvgIpc) is 3.42. The number of aromatic nitrogens is 1. The zero-order valence-electron chi connectivity index (χ0n) is 17.7. The summed E-state index contributed by atoms with van der Waals surface area (Å²) in [4.78, 5) is 4.94. The van der Waals surface area contributed by atoms with Crippen molar-refractivity contribution >= 4 is 0 Å². The maximum Gasteiger partial charge on any atom is 0.0783 e. The molecular formula is C31H21N. The Balaban J connectivity index is 1.43. The Kier molecular flexibility index (Phi) is 3.74. The maximum atomic E-state index is 4.94. The van der Waals surface area contributed by atoms with Crippen molar-refractivity contribution in [2.45, 2.75) is 12.8 Å². The van der Waals surface area contributed by atoms with Gasteiger partial charge in [0.2, 0.25) is 0 Å². The number of benzene rings is 4. The molecule has 0 radical (unpaired) electrons. The Morgan fingerprint density at radius 2 is 0.875 bits per heavy atom. The number of hydrogen-bond acceptors (Lipinski definition) is 1. The molecule has 0 N–H and O–H groups in total. The van der Waals surface area contributed by atoms with Crippen LogP contribution in [0.1, 0.15) is 22.3 Å². The van der Waals surface area contributed by atoms with Crippen LogP contribution in [0.4, 0.5) is 0 Å². The summed E-state index contributed by atoms with van der Waals surface area (Å²) in [6.45, 7) is 0. The van der Waals surface area contributed by atoms with Crippen molar-refractivity contribution in [3.05, 3.63) is 126 Å². The van der Waals surface area contributed by atoms with E-state index in [1.807, 2.05) is 6.20 Å². The zero-order valence-corrected chi connectivity index (χ0v) is 17.7. The standard InChI is InChI=1S/C31H21N/c1-3-10-22-20(8-1)18-29-24(22)12-5-14-26(29)27-16-7-17-32-31(27)28-15-6-13-25-23-11-4-2-9-21(23)19-30(25)28/h1-17H,18-19H2. The van der Waals surface area contributed by atoms with Crippen LogP contribution in [0.15, 0.2) is 103 Å². The topological polar surface area (TPSA) is 12.9 Å². The first-order chi connectivity index (χ1) is 15.9. The first kappa shape index (κ1) is 17.7. The molecule has 7 rings (SSSR count). The third-order valence-corrected chi connectivity index (χ3v) is 7.05. The smallest absolute Gasteiger partial charge is 0.0783 e. The summed E-state index contributed by atoms with van der Waals surface area (Å²) in [7, 11) is 0. The van der Waals surface area contributed by atoms with Gasteiger partial charge in [-0.1, -0.05) is 91.0 Å². The van der Waals surface area contributed by atoms with Gasteiger partial charge in [-0.25, -0.2) is 0 Å². The maximum absolute atomic E-state index is 4.94. The first-order valence-corrected chi connectivity index (χ1v) is 11.2. The number of fused-ring (bicyclic) bond motifs is 6. The van der Waals surface area contributed by atoms with Gasteiger partial charge in [-0.15, -0.1) is 0 Å². The minimum Gasteiger partial charge on any atom is -0.256 e. The van der Waals surface area contributed by atoms with Crippen molar-refractivity contribution in [1.29, 1.82) is 0 Å². The van der Waals surface area contributed by atoms with Crippen LogP contribution in [-0.2, 0) is 12.8 Å². The molecule has 150 valence electrons. The number of hydrogen-bond donors (Lipinski definition) is 0. The summed E-state index contributed by atoms with van der Waals surface area (Å²) in [5.41, 5.74) is 15.9. The monoisotopic (exact) mass is 407 g/mol. The van der Waals surface area contributed by atoms with Gasteiger partial charge in [0.1, 0.15) is 0 Å². The molecule has 0 atom stereocenters. The van der Waals surface area contributed by atoms with Crippen LogP contribution in [0.5, 0.6) is 0 Å². The summed E-state index contributed by atoms with van der Waals surface area (Å²) in [5.74, 6) is 0. The number of rotatable bonds is 2. The van der Waals surface area contributed by atoms with E-state index in [4.69, 9.17) is 4.98 Å². The summed E-state index contributed by atoms with van der Waals surface area (Å²) < 4.78 is 0. The second-order valence-electron chi connectivity index (χ2n) is 8.73. The fourth-order valence-corrected chi connectivity index (χ4v) is 5.63. The van der Waals surface area contributed by atoms with E-state index in [1.54, 1.807) is 0 Å². The molecule has 0 saturated carbocycles. The second-order valence-corrected chi connectivity index (χ2v) is 8.73. The average molecular weight is 408 g/mol. The van der Waals surface area contributed by atoms with Crippen molar-refractivity contribution in [2.75, 3.05) is 0 Å². The second kappa shape index (κ2) is 6.77. The SMILES string of the molecule is c1ccc2c(c1)Cc1c-2cccc1-c1cccnc1-c1cccc2c1Cc1ccccc1-2. The Morgan fingerprint density at radius 1 is 0.406 bits per heavy atom. The highest BCUT2D eigenvalue weighted by Crippen LogP contribution is 2.46. The molecule has 0 saturated heterocycles. The van der Waals surface area contributed by atoms with Crippen molar-refractivity contribution in [1.82, 2.24) is 4.98 Å². The molecule has 0 amide bonds. The molecule has 1 heterocycles. The molecule has 2 aliphatic rings. The van der Waals surface area contributed by atoms with Gasteiger partial charge >= 0.3 is 0 Å². The van der Waals surface area contributed by atoms with Crippen molar-refractivity contribution < 1.29 is 0 Å². The molecule has 1 nitrogen and oxygen atoms in total. The quantitative estimate of drug-likeness (QED) is 0.288. The van der Waals surface area contributed by atoms with Gasteiger partial charge in [-0.3, -0.25) is 4.98 Å². The largest absolute Gasteiger partial charge is 0.256 e. The normalized spacial score (nSPS) is 12.8. The highest BCUT2D eigenvalue weighted by atomic mass is 14.7. The van der Waals surface area contributed by atoms with Gasteiger partial charge in [-0.2, -0.15) is 0 Å². The fraction of sp³-hybridized carbons (Fsp3) is 0.0645. The lowest BCUT2D eigenvalue weighted by Gasteiger charge is -2.15. The van der Waals surface area contributed by atoms with E-state index in [-0.39, 0.29) is 0 Å². The third kappa shape index (κ3) is 2.48. The Bertz CT molecular complexity index is 1410. The van der Waals surface area contributed by atoms with Gasteiger partial charge in [0.15, 0.2) is 0 Å². The van der Waals surface area contributed by atoms with E-state index in [1.165, 1.54) is 61.2 Å². The van der Waals surface area contributed by atoms with Crippen molar-refractivity contribution in [3.8, 4) is 44.6 Å². The Hall–Kier alpha value is -3.97. The number of pyridine rings is 1. The van der Waals surface area contributed by atoms with E-state index in [9.17, 15) is 0 Å². The van der Waals surface area contributed by atoms with Gasteiger partial charge in [-0.05, 0) is 69.0 Å². The van der Waals surface area contributed by atoms with Crippen LogP contribution < -0.4 is 0 Å². The van der Waals surface area contributed by atoms with E-state index in [2.05, 4.69) is 97.1 Å². The third-order valence-electron chi connectivity index (χ3n) is 7.05. The lowest BCUT2D eigenvalue weighted by molar-refractivity contribution is 1.23. The summed E-state index contributed by atoms with van der Waals surface area (Å²) in [6.07, 6.45) is 3.88. The predicted octanol–water partition coefficient (Wildman–Crippen LogP) is 7.56. The summed E-state index contributed by atoms with van der Waals surface area (Å²) in [5, 5.41) is 0. The minimum absolute atomic E-state index is 0.968. The molecule has 1 heteroatoms.